The van der Waals surface area contributed by atoms with Gasteiger partial charge in [-0.3, -0.25) is 0 Å². The number of aromatic nitrogens is 3. The maximum Gasteiger partial charge on any atom is 0.246 e. The van der Waals surface area contributed by atoms with Crippen molar-refractivity contribution in [2.24, 2.45) is 0 Å². The Hall–Kier alpha value is -1.30. The Morgan fingerprint density at radius 2 is 2.07 bits per heavy atom. The van der Waals surface area contributed by atoms with Gasteiger partial charge in [-0.1, -0.05) is 0 Å². The van der Waals surface area contributed by atoms with Crippen LogP contribution < -0.4 is 10.6 Å². The predicted molar refractivity (Wildman–Crippen MR) is 61.9 cm³/mol. The molecule has 86 valence electrons. The first kappa shape index (κ1) is 11.8. The molecule has 0 aliphatic carbocycles. The van der Waals surface area contributed by atoms with Crippen LogP contribution in [0.1, 0.15) is 13.3 Å². The molecule has 1 aromatic heterocycles. The van der Waals surface area contributed by atoms with Crippen molar-refractivity contribution in [2.75, 3.05) is 44.4 Å². The summed E-state index contributed by atoms with van der Waals surface area (Å²) < 4.78 is 0. The third kappa shape index (κ3) is 3.75. The van der Waals surface area contributed by atoms with Crippen LogP contribution >= 0.6 is 0 Å². The van der Waals surface area contributed by atoms with Gasteiger partial charge in [0, 0.05) is 13.1 Å². The van der Waals surface area contributed by atoms with E-state index in [1.165, 1.54) is 0 Å². The van der Waals surface area contributed by atoms with Crippen molar-refractivity contribution in [3.8, 4) is 0 Å². The molecule has 15 heavy (non-hydrogen) atoms. The molecule has 1 heterocycles. The zero-order chi connectivity index (χ0) is 11.3. The van der Waals surface area contributed by atoms with Crippen LogP contribution in [0.15, 0.2) is 0 Å². The average Bonchev–Trinajstić information content (AvgIpc) is 2.59. The second kappa shape index (κ2) is 5.55. The Morgan fingerprint density at radius 1 is 1.33 bits per heavy atom. The third-order valence-corrected chi connectivity index (χ3v) is 2.19. The van der Waals surface area contributed by atoms with Gasteiger partial charge in [-0.25, -0.2) is 5.10 Å². The lowest BCUT2D eigenvalue weighted by Crippen LogP contribution is -2.27. The van der Waals surface area contributed by atoms with E-state index in [1.807, 2.05) is 0 Å². The predicted octanol–water partition coefficient (Wildman–Crippen LogP) is 0.165. The van der Waals surface area contributed by atoms with E-state index in [0.29, 0.717) is 11.9 Å². The highest BCUT2D eigenvalue weighted by molar-refractivity contribution is 5.33. The molecule has 1 aromatic rings. The molecule has 0 amide bonds. The SMILES string of the molecule is CCN(CCCN(C)C)c1n[nH]c(N)n1. The molecule has 1 rings (SSSR count). The number of nitrogens with one attached hydrogen (secondary N) is 1. The number of rotatable bonds is 6. The molecule has 0 atom stereocenters. The van der Waals surface area contributed by atoms with E-state index < -0.39 is 0 Å². The van der Waals surface area contributed by atoms with E-state index in [2.05, 4.69) is 46.0 Å². The van der Waals surface area contributed by atoms with Crippen molar-refractivity contribution in [3.05, 3.63) is 0 Å². The van der Waals surface area contributed by atoms with Gasteiger partial charge < -0.3 is 15.5 Å². The number of nitrogen functional groups attached to an aromatic ring is 1. The summed E-state index contributed by atoms with van der Waals surface area (Å²) in [6.45, 7) is 5.00. The lowest BCUT2D eigenvalue weighted by atomic mass is 10.3. The minimum atomic E-state index is 0.371. The molecular weight excluding hydrogens is 192 g/mol. The third-order valence-electron chi connectivity index (χ3n) is 2.19. The molecule has 0 radical (unpaired) electrons. The summed E-state index contributed by atoms with van der Waals surface area (Å²) in [4.78, 5) is 8.38. The lowest BCUT2D eigenvalue weighted by Gasteiger charge is -2.19. The van der Waals surface area contributed by atoms with Crippen molar-refractivity contribution in [3.63, 3.8) is 0 Å². The first-order valence-electron chi connectivity index (χ1n) is 5.21. The second-order valence-corrected chi connectivity index (χ2v) is 3.76. The molecule has 0 aliphatic heterocycles. The summed E-state index contributed by atoms with van der Waals surface area (Å²) in [5.74, 6) is 1.06. The van der Waals surface area contributed by atoms with Crippen molar-refractivity contribution in [1.82, 2.24) is 20.1 Å². The van der Waals surface area contributed by atoms with E-state index in [9.17, 15) is 0 Å². The molecule has 0 aliphatic rings. The zero-order valence-corrected chi connectivity index (χ0v) is 9.69. The van der Waals surface area contributed by atoms with Gasteiger partial charge in [-0.2, -0.15) is 4.98 Å². The normalized spacial score (nSPS) is 10.9. The van der Waals surface area contributed by atoms with Crippen molar-refractivity contribution < 1.29 is 0 Å². The minimum Gasteiger partial charge on any atom is -0.368 e. The van der Waals surface area contributed by atoms with Crippen molar-refractivity contribution in [1.29, 1.82) is 0 Å². The molecule has 0 unspecified atom stereocenters. The summed E-state index contributed by atoms with van der Waals surface area (Å²) in [5.41, 5.74) is 5.48. The summed E-state index contributed by atoms with van der Waals surface area (Å²) >= 11 is 0. The minimum absolute atomic E-state index is 0.371. The molecular formula is C9H20N6. The topological polar surface area (TPSA) is 74.1 Å². The molecule has 0 bridgehead atoms. The molecule has 0 saturated heterocycles. The van der Waals surface area contributed by atoms with Crippen LogP contribution in [-0.4, -0.2) is 53.8 Å². The van der Waals surface area contributed by atoms with Crippen molar-refractivity contribution >= 4 is 11.9 Å². The number of hydrogen-bond donors (Lipinski definition) is 2. The Labute approximate surface area is 90.5 Å². The van der Waals surface area contributed by atoms with Gasteiger partial charge in [0.1, 0.15) is 0 Å². The van der Waals surface area contributed by atoms with Crippen LogP contribution in [0.25, 0.3) is 0 Å². The molecule has 6 heteroatoms. The number of nitrogens with zero attached hydrogens (tertiary/aromatic N) is 4. The van der Waals surface area contributed by atoms with Crippen LogP contribution in [0.5, 0.6) is 0 Å². The van der Waals surface area contributed by atoms with E-state index in [1.54, 1.807) is 0 Å². The summed E-state index contributed by atoms with van der Waals surface area (Å²) in [6, 6.07) is 0. The van der Waals surface area contributed by atoms with Gasteiger partial charge >= 0.3 is 0 Å². The highest BCUT2D eigenvalue weighted by atomic mass is 15.4. The molecule has 0 saturated carbocycles. The number of aromatic amines is 1. The molecule has 3 N–H and O–H groups in total. The highest BCUT2D eigenvalue weighted by Gasteiger charge is 2.08. The highest BCUT2D eigenvalue weighted by Crippen LogP contribution is 2.07. The van der Waals surface area contributed by atoms with Crippen LogP contribution in [0.2, 0.25) is 0 Å². The molecule has 0 aromatic carbocycles. The van der Waals surface area contributed by atoms with Crippen LogP contribution in [0.3, 0.4) is 0 Å². The van der Waals surface area contributed by atoms with Gasteiger partial charge in [0.15, 0.2) is 0 Å². The van der Waals surface area contributed by atoms with Crippen molar-refractivity contribution in [2.45, 2.75) is 13.3 Å². The number of anilines is 2. The van der Waals surface area contributed by atoms with E-state index in [-0.39, 0.29) is 0 Å². The largest absolute Gasteiger partial charge is 0.368 e. The molecule has 6 nitrogen and oxygen atoms in total. The monoisotopic (exact) mass is 212 g/mol. The summed E-state index contributed by atoms with van der Waals surface area (Å²) in [5, 5.41) is 6.68. The fraction of sp³-hybridized carbons (Fsp3) is 0.778. The first-order valence-corrected chi connectivity index (χ1v) is 5.21. The summed E-state index contributed by atoms with van der Waals surface area (Å²) in [6.07, 6.45) is 1.09. The van der Waals surface area contributed by atoms with Gasteiger partial charge in [0.2, 0.25) is 11.9 Å². The first-order chi connectivity index (χ1) is 7.13. The van der Waals surface area contributed by atoms with E-state index in [4.69, 9.17) is 5.73 Å². The number of hydrogen-bond acceptors (Lipinski definition) is 5. The number of H-pyrrole nitrogens is 1. The van der Waals surface area contributed by atoms with Crippen LogP contribution in [0, 0.1) is 0 Å². The van der Waals surface area contributed by atoms with Gasteiger partial charge in [-0.15, -0.1) is 5.10 Å². The second-order valence-electron chi connectivity index (χ2n) is 3.76. The van der Waals surface area contributed by atoms with E-state index >= 15 is 0 Å². The standard InChI is InChI=1S/C9H20N6/c1-4-15(7-5-6-14(2)3)9-11-8(10)12-13-9/h4-7H2,1-3H3,(H3,10,11,12,13). The Balaban J connectivity index is 2.42. The quantitative estimate of drug-likeness (QED) is 0.703. The fourth-order valence-electron chi connectivity index (χ4n) is 1.38. The fourth-order valence-corrected chi connectivity index (χ4v) is 1.38. The maximum absolute atomic E-state index is 5.48. The molecule has 0 spiro atoms. The van der Waals surface area contributed by atoms with Gasteiger partial charge in [0.25, 0.3) is 0 Å². The Bertz CT molecular complexity index is 282. The zero-order valence-electron chi connectivity index (χ0n) is 9.69. The maximum atomic E-state index is 5.48. The van der Waals surface area contributed by atoms with Crippen LogP contribution in [0.4, 0.5) is 11.9 Å². The number of nitrogens with two attached hydrogens (primary N) is 1. The average molecular weight is 212 g/mol. The van der Waals surface area contributed by atoms with Gasteiger partial charge in [0.05, 0.1) is 0 Å². The lowest BCUT2D eigenvalue weighted by molar-refractivity contribution is 0.400. The van der Waals surface area contributed by atoms with Crippen LogP contribution in [-0.2, 0) is 0 Å². The smallest absolute Gasteiger partial charge is 0.246 e. The van der Waals surface area contributed by atoms with E-state index in [0.717, 1.165) is 26.1 Å². The van der Waals surface area contributed by atoms with Gasteiger partial charge in [-0.05, 0) is 34.0 Å². The Kier molecular flexibility index (Phi) is 4.36. The molecule has 0 fully saturated rings. The summed E-state index contributed by atoms with van der Waals surface area (Å²) in [7, 11) is 4.14. The Morgan fingerprint density at radius 3 is 2.53 bits per heavy atom.